The van der Waals surface area contributed by atoms with Gasteiger partial charge in [-0.3, -0.25) is 0 Å². The summed E-state index contributed by atoms with van der Waals surface area (Å²) in [5.41, 5.74) is 0.646. The molecule has 0 amide bonds. The summed E-state index contributed by atoms with van der Waals surface area (Å²) in [7, 11) is 0. The molecular weight excluding hydrogens is 305 g/mol. The molecule has 20 heavy (non-hydrogen) atoms. The Labute approximate surface area is 122 Å². The fourth-order valence-electron chi connectivity index (χ4n) is 1.94. The van der Waals surface area contributed by atoms with Crippen LogP contribution in [0.25, 0.3) is 0 Å². The van der Waals surface area contributed by atoms with Gasteiger partial charge in [0.2, 0.25) is 5.95 Å². The minimum absolute atomic E-state index is 0.0108. The average molecular weight is 312 g/mol. The van der Waals surface area contributed by atoms with Gasteiger partial charge in [0, 0.05) is 10.0 Å². The van der Waals surface area contributed by atoms with Crippen molar-refractivity contribution in [3.8, 4) is 0 Å². The Bertz CT molecular complexity index is 727. The first-order valence-electron chi connectivity index (χ1n) is 5.51. The van der Waals surface area contributed by atoms with Crippen molar-refractivity contribution in [1.29, 1.82) is 0 Å². The zero-order valence-electron chi connectivity index (χ0n) is 9.79. The predicted molar refractivity (Wildman–Crippen MR) is 71.8 cm³/mol. The molecule has 2 N–H and O–H groups in total. The van der Waals surface area contributed by atoms with Crippen LogP contribution in [0.5, 0.6) is 0 Å². The lowest BCUT2D eigenvalue weighted by molar-refractivity contribution is -0.132. The monoisotopic (exact) mass is 311 g/mol. The summed E-state index contributed by atoms with van der Waals surface area (Å²) in [6.45, 7) is 0. The Kier molecular flexibility index (Phi) is 3.07. The molecule has 0 bridgehead atoms. The van der Waals surface area contributed by atoms with Crippen molar-refractivity contribution >= 4 is 35.1 Å². The number of hydrogen-bond donors (Lipinski definition) is 2. The zero-order valence-corrected chi connectivity index (χ0v) is 11.3. The third kappa shape index (κ3) is 2.10. The number of halogens is 2. The Balaban J connectivity index is 2.14. The number of carboxylic acid groups (broad SMARTS) is 1. The molecule has 102 valence electrons. The molecule has 9 heteroatoms. The normalized spacial score (nSPS) is 17.1. The van der Waals surface area contributed by atoms with Crippen molar-refractivity contribution < 1.29 is 9.90 Å². The van der Waals surface area contributed by atoms with Crippen LogP contribution < -0.4 is 5.32 Å². The summed E-state index contributed by atoms with van der Waals surface area (Å²) in [6, 6.07) is 4.45. The topological polar surface area (TPSA) is 92.9 Å². The molecule has 0 saturated heterocycles. The van der Waals surface area contributed by atoms with Crippen LogP contribution in [0.15, 0.2) is 30.0 Å². The third-order valence-electron chi connectivity index (χ3n) is 2.84. The van der Waals surface area contributed by atoms with E-state index in [1.165, 1.54) is 10.8 Å². The number of nitrogens with one attached hydrogen (secondary N) is 1. The predicted octanol–water partition coefficient (Wildman–Crippen LogP) is 1.96. The zero-order chi connectivity index (χ0) is 14.3. The number of hydrogen-bond acceptors (Lipinski definition) is 5. The molecule has 0 saturated carbocycles. The molecule has 2 aromatic rings. The van der Waals surface area contributed by atoms with Crippen LogP contribution in [-0.4, -0.2) is 31.3 Å². The molecule has 7 nitrogen and oxygen atoms in total. The molecule has 1 aromatic heterocycles. The number of aromatic nitrogens is 4. The van der Waals surface area contributed by atoms with E-state index in [1.807, 2.05) is 0 Å². The van der Waals surface area contributed by atoms with E-state index in [0.717, 1.165) is 0 Å². The molecule has 0 spiro atoms. The van der Waals surface area contributed by atoms with Crippen LogP contribution >= 0.6 is 23.2 Å². The van der Waals surface area contributed by atoms with Gasteiger partial charge in [-0.25, -0.2) is 4.79 Å². The second-order valence-corrected chi connectivity index (χ2v) is 4.91. The van der Waals surface area contributed by atoms with Gasteiger partial charge in [-0.15, -0.1) is 0 Å². The maximum atomic E-state index is 11.1. The maximum absolute atomic E-state index is 11.1. The van der Waals surface area contributed by atoms with Crippen molar-refractivity contribution in [2.75, 3.05) is 5.32 Å². The van der Waals surface area contributed by atoms with Gasteiger partial charge in [0.25, 0.3) is 0 Å². The van der Waals surface area contributed by atoms with E-state index in [0.29, 0.717) is 15.6 Å². The lowest BCUT2D eigenvalue weighted by Gasteiger charge is -2.22. The smallest absolute Gasteiger partial charge is 0.352 e. The lowest BCUT2D eigenvalue weighted by atomic mass is 10.0. The van der Waals surface area contributed by atoms with E-state index in [4.69, 9.17) is 28.3 Å². The first kappa shape index (κ1) is 12.9. The molecule has 2 heterocycles. The summed E-state index contributed by atoms with van der Waals surface area (Å²) in [6.07, 6.45) is 1.49. The van der Waals surface area contributed by atoms with Crippen molar-refractivity contribution in [3.05, 3.63) is 45.6 Å². The number of anilines is 1. The number of fused-ring (bicyclic) bond motifs is 1. The third-order valence-corrected chi connectivity index (χ3v) is 3.40. The number of aliphatic carboxylic acids is 1. The Hall–Kier alpha value is -2.12. The van der Waals surface area contributed by atoms with Gasteiger partial charge in [-0.05, 0) is 34.2 Å². The van der Waals surface area contributed by atoms with Crippen LogP contribution in [0.1, 0.15) is 11.6 Å². The van der Waals surface area contributed by atoms with Gasteiger partial charge in [-0.2, -0.15) is 4.68 Å². The summed E-state index contributed by atoms with van der Waals surface area (Å²) in [5, 5.41) is 23.7. The number of rotatable bonds is 2. The SMILES string of the molecule is O=C(O)C1=C[C@@H](c2ccc(Cl)cc2Cl)n2nnnc2N1. The fraction of sp³-hybridized carbons (Fsp3) is 0.0909. The largest absolute Gasteiger partial charge is 0.477 e. The van der Waals surface area contributed by atoms with Crippen LogP contribution in [0, 0.1) is 0 Å². The van der Waals surface area contributed by atoms with E-state index in [-0.39, 0.29) is 11.6 Å². The van der Waals surface area contributed by atoms with Gasteiger partial charge >= 0.3 is 5.97 Å². The van der Waals surface area contributed by atoms with Crippen molar-refractivity contribution in [2.24, 2.45) is 0 Å². The number of nitrogens with zero attached hydrogens (tertiary/aromatic N) is 4. The Morgan fingerprint density at radius 3 is 2.90 bits per heavy atom. The highest BCUT2D eigenvalue weighted by Gasteiger charge is 2.27. The molecule has 0 radical (unpaired) electrons. The van der Waals surface area contributed by atoms with E-state index >= 15 is 0 Å². The van der Waals surface area contributed by atoms with Crippen LogP contribution in [0.3, 0.4) is 0 Å². The molecule has 1 aliphatic heterocycles. The highest BCUT2D eigenvalue weighted by Crippen LogP contribution is 2.33. The number of carbonyl (C=O) groups is 1. The summed E-state index contributed by atoms with van der Waals surface area (Å²) in [5.74, 6) is -0.866. The molecule has 0 aliphatic carbocycles. The molecular formula is C11H7Cl2N5O2. The van der Waals surface area contributed by atoms with Gasteiger partial charge < -0.3 is 10.4 Å². The van der Waals surface area contributed by atoms with Gasteiger partial charge in [-0.1, -0.05) is 34.4 Å². The minimum Gasteiger partial charge on any atom is -0.477 e. The highest BCUT2D eigenvalue weighted by molar-refractivity contribution is 6.35. The number of carboxylic acids is 1. The standard InChI is InChI=1S/C11H7Cl2N5O2/c12-5-1-2-6(7(13)3-5)9-4-8(10(19)20)14-11-15-16-17-18(9)11/h1-4,9H,(H,19,20)(H,14,15,17)/t9-/m0/s1. The van der Waals surface area contributed by atoms with Crippen molar-refractivity contribution in [2.45, 2.75) is 6.04 Å². The Morgan fingerprint density at radius 2 is 2.20 bits per heavy atom. The highest BCUT2D eigenvalue weighted by atomic mass is 35.5. The van der Waals surface area contributed by atoms with E-state index in [9.17, 15) is 4.79 Å². The number of allylic oxidation sites excluding steroid dienone is 1. The maximum Gasteiger partial charge on any atom is 0.352 e. The van der Waals surface area contributed by atoms with Crippen LogP contribution in [0.4, 0.5) is 5.95 Å². The molecule has 1 atom stereocenters. The number of benzene rings is 1. The minimum atomic E-state index is -1.10. The van der Waals surface area contributed by atoms with Crippen LogP contribution in [0.2, 0.25) is 10.0 Å². The van der Waals surface area contributed by atoms with Crippen LogP contribution in [-0.2, 0) is 4.79 Å². The van der Waals surface area contributed by atoms with Gasteiger partial charge in [0.05, 0.1) is 0 Å². The van der Waals surface area contributed by atoms with E-state index < -0.39 is 12.0 Å². The lowest BCUT2D eigenvalue weighted by Crippen LogP contribution is -2.24. The quantitative estimate of drug-likeness (QED) is 0.880. The average Bonchev–Trinajstić information content (AvgIpc) is 2.86. The molecule has 1 aromatic carbocycles. The first-order valence-corrected chi connectivity index (χ1v) is 6.27. The van der Waals surface area contributed by atoms with E-state index in [1.54, 1.807) is 18.2 Å². The van der Waals surface area contributed by atoms with Gasteiger partial charge in [0.15, 0.2) is 0 Å². The van der Waals surface area contributed by atoms with Crippen molar-refractivity contribution in [1.82, 2.24) is 20.2 Å². The second-order valence-electron chi connectivity index (χ2n) is 4.07. The fourth-order valence-corrected chi connectivity index (χ4v) is 2.46. The Morgan fingerprint density at radius 1 is 1.40 bits per heavy atom. The summed E-state index contributed by atoms with van der Waals surface area (Å²) < 4.78 is 1.45. The van der Waals surface area contributed by atoms with Crippen molar-refractivity contribution in [3.63, 3.8) is 0 Å². The molecule has 1 aliphatic rings. The summed E-state index contributed by atoms with van der Waals surface area (Å²) in [4.78, 5) is 11.1. The molecule has 0 unspecified atom stereocenters. The summed E-state index contributed by atoms with van der Waals surface area (Å²) >= 11 is 12.0. The van der Waals surface area contributed by atoms with Gasteiger partial charge in [0.1, 0.15) is 11.7 Å². The molecule has 0 fully saturated rings. The number of tetrazole rings is 1. The first-order chi connectivity index (χ1) is 9.56. The molecule has 3 rings (SSSR count). The van der Waals surface area contributed by atoms with E-state index in [2.05, 4.69) is 20.8 Å². The second kappa shape index (κ2) is 4.77.